The van der Waals surface area contributed by atoms with Crippen LogP contribution in [0.2, 0.25) is 0 Å². The summed E-state index contributed by atoms with van der Waals surface area (Å²) in [5, 5.41) is 4.33. The standard InChI is InChI=1S/C14H15ClN4O/c1-20-13-9-10(19-8-2-7-18-19)3-4-11(13)12(16)5-6-14(15)17/h2-9H,16-17H2,1H3/b12-5-,14-6-. The van der Waals surface area contributed by atoms with Crippen molar-refractivity contribution in [2.24, 2.45) is 11.5 Å². The number of hydrogen-bond donors (Lipinski definition) is 2. The van der Waals surface area contributed by atoms with Crippen LogP contribution in [0.15, 0.2) is 54.0 Å². The van der Waals surface area contributed by atoms with Crippen LogP contribution in [-0.2, 0) is 0 Å². The summed E-state index contributed by atoms with van der Waals surface area (Å²) in [4.78, 5) is 0. The van der Waals surface area contributed by atoms with E-state index in [-0.39, 0.29) is 5.16 Å². The van der Waals surface area contributed by atoms with Gasteiger partial charge in [-0.05, 0) is 30.4 Å². The van der Waals surface area contributed by atoms with E-state index in [1.54, 1.807) is 24.1 Å². The number of aromatic nitrogens is 2. The minimum absolute atomic E-state index is 0.167. The lowest BCUT2D eigenvalue weighted by atomic mass is 10.1. The number of allylic oxidation sites excluding steroid dienone is 2. The van der Waals surface area contributed by atoms with E-state index in [2.05, 4.69) is 5.10 Å². The molecule has 0 aliphatic carbocycles. The summed E-state index contributed by atoms with van der Waals surface area (Å²) < 4.78 is 7.10. The zero-order valence-corrected chi connectivity index (χ0v) is 11.7. The maximum Gasteiger partial charge on any atom is 0.130 e. The third-order valence-corrected chi connectivity index (χ3v) is 2.81. The molecule has 0 amide bonds. The van der Waals surface area contributed by atoms with Crippen LogP contribution in [-0.4, -0.2) is 16.9 Å². The lowest BCUT2D eigenvalue weighted by Crippen LogP contribution is -2.02. The molecule has 0 unspecified atom stereocenters. The SMILES string of the molecule is COc1cc(-n2cccn2)ccc1/C(N)=C/C=C(\N)Cl. The average molecular weight is 291 g/mol. The molecule has 0 spiro atoms. The molecule has 0 saturated heterocycles. The van der Waals surface area contributed by atoms with Crippen LogP contribution in [0.1, 0.15) is 5.56 Å². The highest BCUT2D eigenvalue weighted by Gasteiger charge is 2.07. The van der Waals surface area contributed by atoms with Crippen molar-refractivity contribution in [2.45, 2.75) is 0 Å². The molecule has 104 valence electrons. The Balaban J connectivity index is 2.41. The average Bonchev–Trinajstić information content (AvgIpc) is 2.98. The second-order valence-corrected chi connectivity index (χ2v) is 4.45. The Kier molecular flexibility index (Phi) is 4.32. The van der Waals surface area contributed by atoms with E-state index >= 15 is 0 Å². The Labute approximate surface area is 122 Å². The minimum atomic E-state index is 0.167. The van der Waals surface area contributed by atoms with Crippen LogP contribution >= 0.6 is 11.6 Å². The van der Waals surface area contributed by atoms with E-state index in [1.807, 2.05) is 30.5 Å². The molecule has 2 aromatic rings. The molecule has 1 aromatic heterocycles. The van der Waals surface area contributed by atoms with Crippen molar-refractivity contribution in [3.05, 3.63) is 59.5 Å². The Morgan fingerprint density at radius 3 is 2.75 bits per heavy atom. The van der Waals surface area contributed by atoms with Crippen molar-refractivity contribution in [1.29, 1.82) is 0 Å². The predicted molar refractivity (Wildman–Crippen MR) is 80.4 cm³/mol. The molecule has 20 heavy (non-hydrogen) atoms. The van der Waals surface area contributed by atoms with Gasteiger partial charge in [0.15, 0.2) is 0 Å². The lowest BCUT2D eigenvalue weighted by molar-refractivity contribution is 0.413. The van der Waals surface area contributed by atoms with Gasteiger partial charge >= 0.3 is 0 Å². The second kappa shape index (κ2) is 6.16. The highest BCUT2D eigenvalue weighted by molar-refractivity contribution is 6.29. The third-order valence-electron chi connectivity index (χ3n) is 2.69. The number of nitrogens with zero attached hydrogens (tertiary/aromatic N) is 2. The normalized spacial score (nSPS) is 12.5. The summed E-state index contributed by atoms with van der Waals surface area (Å²) in [6.45, 7) is 0. The largest absolute Gasteiger partial charge is 0.496 e. The molecule has 0 fully saturated rings. The van der Waals surface area contributed by atoms with Gasteiger partial charge in [-0.1, -0.05) is 11.6 Å². The molecule has 0 atom stereocenters. The van der Waals surface area contributed by atoms with Crippen molar-refractivity contribution < 1.29 is 4.74 Å². The summed E-state index contributed by atoms with van der Waals surface area (Å²) in [5.74, 6) is 0.647. The molecular formula is C14H15ClN4O. The monoisotopic (exact) mass is 290 g/mol. The molecule has 5 nitrogen and oxygen atoms in total. The van der Waals surface area contributed by atoms with Crippen LogP contribution in [0.4, 0.5) is 0 Å². The van der Waals surface area contributed by atoms with Gasteiger partial charge in [-0.25, -0.2) is 4.68 Å². The van der Waals surface area contributed by atoms with Gasteiger partial charge in [0.2, 0.25) is 0 Å². The Morgan fingerprint density at radius 1 is 1.35 bits per heavy atom. The Bertz CT molecular complexity index is 643. The van der Waals surface area contributed by atoms with Gasteiger partial charge in [0.1, 0.15) is 5.75 Å². The molecule has 1 heterocycles. The van der Waals surface area contributed by atoms with Crippen LogP contribution in [0.25, 0.3) is 11.4 Å². The number of hydrogen-bond acceptors (Lipinski definition) is 4. The highest BCUT2D eigenvalue weighted by atomic mass is 35.5. The lowest BCUT2D eigenvalue weighted by Gasteiger charge is -2.11. The molecular weight excluding hydrogens is 276 g/mol. The first kappa shape index (κ1) is 14.0. The van der Waals surface area contributed by atoms with E-state index in [4.69, 9.17) is 27.8 Å². The summed E-state index contributed by atoms with van der Waals surface area (Å²) in [7, 11) is 1.59. The first-order valence-electron chi connectivity index (χ1n) is 5.88. The number of nitrogens with two attached hydrogens (primary N) is 2. The number of methoxy groups -OCH3 is 1. The van der Waals surface area contributed by atoms with Crippen molar-refractivity contribution in [3.8, 4) is 11.4 Å². The maximum absolute atomic E-state index is 5.99. The molecule has 0 aliphatic heterocycles. The van der Waals surface area contributed by atoms with Crippen molar-refractivity contribution in [3.63, 3.8) is 0 Å². The van der Waals surface area contributed by atoms with Crippen LogP contribution in [0.3, 0.4) is 0 Å². The molecule has 0 bridgehead atoms. The van der Waals surface area contributed by atoms with Gasteiger partial charge < -0.3 is 16.2 Å². The van der Waals surface area contributed by atoms with E-state index < -0.39 is 0 Å². The highest BCUT2D eigenvalue weighted by Crippen LogP contribution is 2.26. The first-order chi connectivity index (χ1) is 9.61. The molecule has 4 N–H and O–H groups in total. The molecule has 0 radical (unpaired) electrons. The zero-order valence-electron chi connectivity index (χ0n) is 11.0. The summed E-state index contributed by atoms with van der Waals surface area (Å²) >= 11 is 5.57. The Morgan fingerprint density at radius 2 is 2.15 bits per heavy atom. The number of ether oxygens (including phenoxy) is 1. The van der Waals surface area contributed by atoms with E-state index in [0.717, 1.165) is 11.3 Å². The molecule has 6 heteroatoms. The summed E-state index contributed by atoms with van der Waals surface area (Å²) in [6.07, 6.45) is 6.72. The van der Waals surface area contributed by atoms with Gasteiger partial charge in [-0.2, -0.15) is 5.10 Å². The number of rotatable bonds is 4. The molecule has 1 aromatic carbocycles. The number of halogens is 1. The maximum atomic E-state index is 5.99. The number of benzene rings is 1. The molecule has 0 saturated carbocycles. The zero-order chi connectivity index (χ0) is 14.5. The third kappa shape index (κ3) is 3.13. The van der Waals surface area contributed by atoms with Crippen molar-refractivity contribution in [1.82, 2.24) is 9.78 Å². The molecule has 0 aliphatic rings. The van der Waals surface area contributed by atoms with Gasteiger partial charge in [-0.15, -0.1) is 0 Å². The topological polar surface area (TPSA) is 79.1 Å². The van der Waals surface area contributed by atoms with Gasteiger partial charge in [0.25, 0.3) is 0 Å². The van der Waals surface area contributed by atoms with E-state index in [0.29, 0.717) is 11.4 Å². The fraction of sp³-hybridized carbons (Fsp3) is 0.0714. The minimum Gasteiger partial charge on any atom is -0.496 e. The first-order valence-corrected chi connectivity index (χ1v) is 6.26. The Hall–Kier alpha value is -2.40. The van der Waals surface area contributed by atoms with Gasteiger partial charge in [0.05, 0.1) is 18.0 Å². The van der Waals surface area contributed by atoms with Crippen LogP contribution in [0.5, 0.6) is 5.75 Å². The second-order valence-electron chi connectivity index (χ2n) is 4.01. The predicted octanol–water partition coefficient (Wildman–Crippen LogP) is 2.22. The van der Waals surface area contributed by atoms with Gasteiger partial charge in [-0.3, -0.25) is 0 Å². The summed E-state index contributed by atoms with van der Waals surface area (Å²) in [6, 6.07) is 7.47. The van der Waals surface area contributed by atoms with Crippen molar-refractivity contribution in [2.75, 3.05) is 7.11 Å². The van der Waals surface area contributed by atoms with Gasteiger partial charge in [0, 0.05) is 29.7 Å². The smallest absolute Gasteiger partial charge is 0.130 e. The van der Waals surface area contributed by atoms with Crippen LogP contribution < -0.4 is 16.2 Å². The van der Waals surface area contributed by atoms with E-state index in [9.17, 15) is 0 Å². The summed E-state index contributed by atoms with van der Waals surface area (Å²) in [5.41, 5.74) is 13.5. The fourth-order valence-electron chi connectivity index (χ4n) is 1.74. The van der Waals surface area contributed by atoms with Crippen molar-refractivity contribution >= 4 is 17.3 Å². The quantitative estimate of drug-likeness (QED) is 0.668. The van der Waals surface area contributed by atoms with E-state index in [1.165, 1.54) is 6.08 Å². The van der Waals surface area contributed by atoms with Crippen LogP contribution in [0, 0.1) is 0 Å². The fourth-order valence-corrected chi connectivity index (χ4v) is 1.80. The molecule has 2 rings (SSSR count).